The molecule has 5 heteroatoms. The molecule has 0 aliphatic carbocycles. The highest BCUT2D eigenvalue weighted by atomic mass is 16.4. The van der Waals surface area contributed by atoms with Crippen LogP contribution < -0.4 is 5.32 Å². The summed E-state index contributed by atoms with van der Waals surface area (Å²) in [6.45, 7) is 0.266. The van der Waals surface area contributed by atoms with Gasteiger partial charge in [-0.3, -0.25) is 4.79 Å². The lowest BCUT2D eigenvalue weighted by Gasteiger charge is -2.30. The zero-order valence-electron chi connectivity index (χ0n) is 8.09. The molecule has 0 bridgehead atoms. The summed E-state index contributed by atoms with van der Waals surface area (Å²) in [7, 11) is 0. The Kier molecular flexibility index (Phi) is 2.75. The van der Waals surface area contributed by atoms with Gasteiger partial charge in [-0.2, -0.15) is 0 Å². The average Bonchev–Trinajstić information content (AvgIpc) is 2.69. The Morgan fingerprint density at radius 3 is 2.93 bits per heavy atom. The van der Waals surface area contributed by atoms with Crippen molar-refractivity contribution in [1.29, 1.82) is 0 Å². The third-order valence-corrected chi connectivity index (χ3v) is 2.73. The number of aliphatic hydroxyl groups is 1. The normalized spacial score (nSPS) is 31.4. The Balaban J connectivity index is 2.03. The van der Waals surface area contributed by atoms with Gasteiger partial charge >= 0.3 is 5.97 Å². The summed E-state index contributed by atoms with van der Waals surface area (Å²) in [5.74, 6) is -0.956. The van der Waals surface area contributed by atoms with Crippen molar-refractivity contribution in [2.24, 2.45) is 5.92 Å². The van der Waals surface area contributed by atoms with Crippen LogP contribution in [0.4, 0.5) is 0 Å². The number of aliphatic carboxylic acids is 1. The van der Waals surface area contributed by atoms with E-state index in [0.29, 0.717) is 6.42 Å². The Morgan fingerprint density at radius 1 is 1.60 bits per heavy atom. The van der Waals surface area contributed by atoms with Crippen LogP contribution in [0.2, 0.25) is 0 Å². The van der Waals surface area contributed by atoms with Crippen molar-refractivity contribution in [3.63, 3.8) is 0 Å². The van der Waals surface area contributed by atoms with Gasteiger partial charge in [0.25, 0.3) is 0 Å². The van der Waals surface area contributed by atoms with Gasteiger partial charge in [-0.25, -0.2) is 0 Å². The molecular formula is C10H13NO4. The Bertz CT molecular complexity index is 335. The molecular weight excluding hydrogens is 198 g/mol. The summed E-state index contributed by atoms with van der Waals surface area (Å²) in [4.78, 5) is 10.7. The zero-order chi connectivity index (χ0) is 10.8. The van der Waals surface area contributed by atoms with Crippen molar-refractivity contribution in [1.82, 2.24) is 5.32 Å². The van der Waals surface area contributed by atoms with Crippen molar-refractivity contribution in [3.8, 4) is 0 Å². The molecule has 3 unspecified atom stereocenters. The minimum atomic E-state index is -0.965. The van der Waals surface area contributed by atoms with Crippen LogP contribution in [0.25, 0.3) is 0 Å². The summed E-state index contributed by atoms with van der Waals surface area (Å²) in [6.07, 6.45) is 1.11. The summed E-state index contributed by atoms with van der Waals surface area (Å²) in [5.41, 5.74) is 0. The predicted molar refractivity (Wildman–Crippen MR) is 51.2 cm³/mol. The fourth-order valence-corrected chi connectivity index (χ4v) is 1.85. The lowest BCUT2D eigenvalue weighted by molar-refractivity contribution is -0.147. The molecule has 0 amide bonds. The summed E-state index contributed by atoms with van der Waals surface area (Å²) in [6, 6.07) is 3.49. The van der Waals surface area contributed by atoms with E-state index in [9.17, 15) is 9.90 Å². The monoisotopic (exact) mass is 211 g/mol. The molecule has 3 atom stereocenters. The van der Waals surface area contributed by atoms with Crippen molar-refractivity contribution >= 4 is 5.97 Å². The van der Waals surface area contributed by atoms with Crippen molar-refractivity contribution < 1.29 is 19.4 Å². The minimum absolute atomic E-state index is 0.0920. The summed E-state index contributed by atoms with van der Waals surface area (Å²) in [5, 5.41) is 21.5. The maximum absolute atomic E-state index is 10.7. The SMILES string of the molecule is O=C(O)C1CNC(c2ccco2)CC1O. The lowest BCUT2D eigenvalue weighted by Crippen LogP contribution is -2.45. The standard InChI is InChI=1S/C10H13NO4/c12-8-4-7(9-2-1-3-15-9)11-5-6(8)10(13)14/h1-3,6-8,11-12H,4-5H2,(H,13,14). The topological polar surface area (TPSA) is 82.7 Å². The van der Waals surface area contributed by atoms with Crippen LogP contribution in [0.3, 0.4) is 0 Å². The molecule has 1 aliphatic rings. The fourth-order valence-electron chi connectivity index (χ4n) is 1.85. The van der Waals surface area contributed by atoms with E-state index in [1.807, 2.05) is 6.07 Å². The number of hydrogen-bond acceptors (Lipinski definition) is 4. The lowest BCUT2D eigenvalue weighted by atomic mass is 9.91. The molecule has 1 saturated heterocycles. The number of carboxylic acid groups (broad SMARTS) is 1. The molecule has 0 saturated carbocycles. The molecule has 15 heavy (non-hydrogen) atoms. The highest BCUT2D eigenvalue weighted by molar-refractivity contribution is 5.71. The molecule has 1 fully saturated rings. The minimum Gasteiger partial charge on any atom is -0.481 e. The van der Waals surface area contributed by atoms with Gasteiger partial charge in [-0.1, -0.05) is 0 Å². The van der Waals surface area contributed by atoms with Gasteiger partial charge in [0.2, 0.25) is 0 Å². The van der Waals surface area contributed by atoms with Crippen LogP contribution >= 0.6 is 0 Å². The highest BCUT2D eigenvalue weighted by Crippen LogP contribution is 2.26. The first-order valence-corrected chi connectivity index (χ1v) is 4.86. The van der Waals surface area contributed by atoms with E-state index in [-0.39, 0.29) is 12.6 Å². The molecule has 1 aromatic rings. The molecule has 0 spiro atoms. The van der Waals surface area contributed by atoms with Crippen LogP contribution in [-0.4, -0.2) is 28.8 Å². The number of carbonyl (C=O) groups is 1. The van der Waals surface area contributed by atoms with Crippen molar-refractivity contribution in [3.05, 3.63) is 24.2 Å². The predicted octanol–water partition coefficient (Wildman–Crippen LogP) is 0.376. The van der Waals surface area contributed by atoms with Gasteiger partial charge in [-0.05, 0) is 18.6 Å². The fraction of sp³-hybridized carbons (Fsp3) is 0.500. The summed E-state index contributed by atoms with van der Waals surface area (Å²) < 4.78 is 5.20. The van der Waals surface area contributed by atoms with Crippen molar-refractivity contribution in [2.75, 3.05) is 6.54 Å². The number of piperidine rings is 1. The number of furan rings is 1. The molecule has 2 rings (SSSR count). The second-order valence-corrected chi connectivity index (χ2v) is 3.72. The van der Waals surface area contributed by atoms with Gasteiger partial charge < -0.3 is 19.9 Å². The Labute approximate surface area is 86.7 Å². The number of aliphatic hydroxyl groups excluding tert-OH is 1. The smallest absolute Gasteiger partial charge is 0.310 e. The van der Waals surface area contributed by atoms with Gasteiger partial charge in [0.1, 0.15) is 5.76 Å². The van der Waals surface area contributed by atoms with Gasteiger partial charge in [-0.15, -0.1) is 0 Å². The molecule has 5 nitrogen and oxygen atoms in total. The second-order valence-electron chi connectivity index (χ2n) is 3.72. The molecule has 2 heterocycles. The molecule has 0 aromatic carbocycles. The van der Waals surface area contributed by atoms with Crippen LogP contribution in [0, 0.1) is 5.92 Å². The molecule has 1 aromatic heterocycles. The van der Waals surface area contributed by atoms with E-state index in [4.69, 9.17) is 9.52 Å². The Morgan fingerprint density at radius 2 is 2.40 bits per heavy atom. The van der Waals surface area contributed by atoms with E-state index < -0.39 is 18.0 Å². The molecule has 1 aliphatic heterocycles. The van der Waals surface area contributed by atoms with Crippen LogP contribution in [0.15, 0.2) is 22.8 Å². The molecule has 3 N–H and O–H groups in total. The average molecular weight is 211 g/mol. The van der Waals surface area contributed by atoms with E-state index in [0.717, 1.165) is 5.76 Å². The maximum Gasteiger partial charge on any atom is 0.310 e. The number of carboxylic acids is 1. The van der Waals surface area contributed by atoms with E-state index in [1.165, 1.54) is 0 Å². The van der Waals surface area contributed by atoms with Gasteiger partial charge in [0.15, 0.2) is 0 Å². The van der Waals surface area contributed by atoms with Gasteiger partial charge in [0, 0.05) is 6.54 Å². The first kappa shape index (κ1) is 10.2. The molecule has 0 radical (unpaired) electrons. The zero-order valence-corrected chi connectivity index (χ0v) is 8.09. The highest BCUT2D eigenvalue weighted by Gasteiger charge is 2.34. The maximum atomic E-state index is 10.7. The van der Waals surface area contributed by atoms with E-state index in [2.05, 4.69) is 5.32 Å². The number of rotatable bonds is 2. The largest absolute Gasteiger partial charge is 0.481 e. The molecule has 82 valence electrons. The second kappa shape index (κ2) is 4.04. The van der Waals surface area contributed by atoms with Crippen LogP contribution in [0.5, 0.6) is 0 Å². The first-order chi connectivity index (χ1) is 7.18. The third kappa shape index (κ3) is 2.03. The van der Waals surface area contributed by atoms with E-state index >= 15 is 0 Å². The van der Waals surface area contributed by atoms with Crippen molar-refractivity contribution in [2.45, 2.75) is 18.6 Å². The quantitative estimate of drug-likeness (QED) is 0.658. The van der Waals surface area contributed by atoms with Crippen LogP contribution in [-0.2, 0) is 4.79 Å². The van der Waals surface area contributed by atoms with Gasteiger partial charge in [0.05, 0.1) is 24.3 Å². The van der Waals surface area contributed by atoms with E-state index in [1.54, 1.807) is 12.3 Å². The van der Waals surface area contributed by atoms with Crippen LogP contribution in [0.1, 0.15) is 18.2 Å². The third-order valence-electron chi connectivity index (χ3n) is 2.73. The number of nitrogens with one attached hydrogen (secondary N) is 1. The summed E-state index contributed by atoms with van der Waals surface area (Å²) >= 11 is 0. The Hall–Kier alpha value is -1.33. The first-order valence-electron chi connectivity index (χ1n) is 4.86. The number of hydrogen-bond donors (Lipinski definition) is 3.